The van der Waals surface area contributed by atoms with Crippen LogP contribution in [0.1, 0.15) is 16.1 Å². The summed E-state index contributed by atoms with van der Waals surface area (Å²) in [5.41, 5.74) is 0.788. The average Bonchev–Trinajstić information content (AvgIpc) is 2.88. The zero-order valence-electron chi connectivity index (χ0n) is 9.71. The molecule has 18 heavy (non-hydrogen) atoms. The standard InChI is InChI=1S/C12H12N2O4/c1-17-9-2-3-10(11(15)6-9)12(16)13-7-8-4-5-18-14-8/h2-6,15H,7H2,1H3,(H,13,16). The van der Waals surface area contributed by atoms with Gasteiger partial charge in [-0.3, -0.25) is 4.79 Å². The maximum Gasteiger partial charge on any atom is 0.255 e. The second kappa shape index (κ2) is 5.22. The van der Waals surface area contributed by atoms with Crippen LogP contribution < -0.4 is 10.1 Å². The first-order chi connectivity index (χ1) is 8.70. The molecule has 1 heterocycles. The third-order valence-corrected chi connectivity index (χ3v) is 2.37. The van der Waals surface area contributed by atoms with E-state index < -0.39 is 5.91 Å². The third kappa shape index (κ3) is 2.60. The van der Waals surface area contributed by atoms with Gasteiger partial charge in [-0.05, 0) is 12.1 Å². The van der Waals surface area contributed by atoms with Crippen LogP contribution in [0.3, 0.4) is 0 Å². The number of methoxy groups -OCH3 is 1. The molecule has 0 aliphatic carbocycles. The lowest BCUT2D eigenvalue weighted by atomic mass is 10.2. The molecule has 0 saturated carbocycles. The minimum absolute atomic E-state index is 0.132. The highest BCUT2D eigenvalue weighted by Gasteiger charge is 2.12. The van der Waals surface area contributed by atoms with E-state index in [1.807, 2.05) is 0 Å². The Morgan fingerprint density at radius 2 is 2.33 bits per heavy atom. The van der Waals surface area contributed by atoms with Gasteiger partial charge in [0.1, 0.15) is 23.5 Å². The van der Waals surface area contributed by atoms with Gasteiger partial charge >= 0.3 is 0 Å². The summed E-state index contributed by atoms with van der Waals surface area (Å²) in [6, 6.07) is 6.12. The second-order valence-corrected chi connectivity index (χ2v) is 3.56. The highest BCUT2D eigenvalue weighted by Crippen LogP contribution is 2.23. The molecule has 0 aliphatic heterocycles. The van der Waals surface area contributed by atoms with Gasteiger partial charge in [0.2, 0.25) is 0 Å². The van der Waals surface area contributed by atoms with Gasteiger partial charge < -0.3 is 19.7 Å². The van der Waals surface area contributed by atoms with Gasteiger partial charge in [0.15, 0.2) is 0 Å². The van der Waals surface area contributed by atoms with Crippen molar-refractivity contribution in [2.75, 3.05) is 7.11 Å². The molecule has 0 aliphatic rings. The zero-order valence-corrected chi connectivity index (χ0v) is 9.71. The number of phenols is 1. The predicted molar refractivity (Wildman–Crippen MR) is 62.3 cm³/mol. The van der Waals surface area contributed by atoms with Gasteiger partial charge in [-0.1, -0.05) is 5.16 Å². The Hall–Kier alpha value is -2.50. The molecular weight excluding hydrogens is 236 g/mol. The number of aromatic hydroxyl groups is 1. The summed E-state index contributed by atoms with van der Waals surface area (Å²) in [5.74, 6) is -0.0364. The molecule has 0 bridgehead atoms. The molecule has 1 aromatic carbocycles. The number of hydrogen-bond acceptors (Lipinski definition) is 5. The topological polar surface area (TPSA) is 84.6 Å². The summed E-state index contributed by atoms with van der Waals surface area (Å²) >= 11 is 0. The molecule has 2 aromatic rings. The van der Waals surface area contributed by atoms with Crippen molar-refractivity contribution in [2.24, 2.45) is 0 Å². The van der Waals surface area contributed by atoms with Crippen LogP contribution in [0, 0.1) is 0 Å². The van der Waals surface area contributed by atoms with E-state index in [0.717, 1.165) is 0 Å². The molecular formula is C12H12N2O4. The number of amides is 1. The van der Waals surface area contributed by atoms with Gasteiger partial charge in [0, 0.05) is 12.1 Å². The van der Waals surface area contributed by atoms with Gasteiger partial charge in [-0.15, -0.1) is 0 Å². The molecule has 0 saturated heterocycles. The van der Waals surface area contributed by atoms with Crippen LogP contribution in [0.4, 0.5) is 0 Å². The molecule has 0 unspecified atom stereocenters. The number of rotatable bonds is 4. The van der Waals surface area contributed by atoms with Crippen molar-refractivity contribution in [3.8, 4) is 11.5 Å². The van der Waals surface area contributed by atoms with E-state index in [4.69, 9.17) is 4.74 Å². The maximum atomic E-state index is 11.8. The van der Waals surface area contributed by atoms with Crippen LogP contribution in [0.5, 0.6) is 11.5 Å². The predicted octanol–water partition coefficient (Wildman–Crippen LogP) is 1.32. The number of carbonyl (C=O) groups is 1. The van der Waals surface area contributed by atoms with Crippen LogP contribution in [0.2, 0.25) is 0 Å². The number of ether oxygens (including phenoxy) is 1. The van der Waals surface area contributed by atoms with Crippen LogP contribution in [-0.2, 0) is 6.54 Å². The number of benzene rings is 1. The largest absolute Gasteiger partial charge is 0.507 e. The number of nitrogens with zero attached hydrogens (tertiary/aromatic N) is 1. The van der Waals surface area contributed by atoms with Gasteiger partial charge in [0.05, 0.1) is 19.2 Å². The zero-order chi connectivity index (χ0) is 13.0. The van der Waals surface area contributed by atoms with Crippen molar-refractivity contribution in [1.29, 1.82) is 0 Å². The maximum absolute atomic E-state index is 11.8. The molecule has 94 valence electrons. The molecule has 0 spiro atoms. The molecule has 0 fully saturated rings. The highest BCUT2D eigenvalue weighted by molar-refractivity contribution is 5.96. The normalized spacial score (nSPS) is 10.1. The molecule has 1 aromatic heterocycles. The van der Waals surface area contributed by atoms with Crippen molar-refractivity contribution < 1.29 is 19.2 Å². The summed E-state index contributed by atoms with van der Waals surface area (Å²) in [5, 5.41) is 16.0. The Morgan fingerprint density at radius 3 is 2.94 bits per heavy atom. The van der Waals surface area contributed by atoms with E-state index in [-0.39, 0.29) is 17.9 Å². The fourth-order valence-corrected chi connectivity index (χ4v) is 1.43. The molecule has 1 amide bonds. The van der Waals surface area contributed by atoms with Crippen LogP contribution in [-0.4, -0.2) is 23.3 Å². The fraction of sp³-hybridized carbons (Fsp3) is 0.167. The Morgan fingerprint density at radius 1 is 1.50 bits per heavy atom. The first-order valence-corrected chi connectivity index (χ1v) is 5.25. The number of aromatic nitrogens is 1. The Bertz CT molecular complexity index is 537. The number of phenolic OH excluding ortho intramolecular Hbond substituents is 1. The van der Waals surface area contributed by atoms with E-state index >= 15 is 0 Å². The van der Waals surface area contributed by atoms with Crippen LogP contribution in [0.25, 0.3) is 0 Å². The molecule has 2 N–H and O–H groups in total. The van der Waals surface area contributed by atoms with Crippen molar-refractivity contribution in [1.82, 2.24) is 10.5 Å². The van der Waals surface area contributed by atoms with Gasteiger partial charge in [-0.2, -0.15) is 0 Å². The number of nitrogens with one attached hydrogen (secondary N) is 1. The van der Waals surface area contributed by atoms with E-state index in [1.54, 1.807) is 12.1 Å². The fourth-order valence-electron chi connectivity index (χ4n) is 1.43. The van der Waals surface area contributed by atoms with Crippen LogP contribution >= 0.6 is 0 Å². The van der Waals surface area contributed by atoms with E-state index in [0.29, 0.717) is 11.4 Å². The molecule has 2 rings (SSSR count). The average molecular weight is 248 g/mol. The first-order valence-electron chi connectivity index (χ1n) is 5.25. The molecule has 6 nitrogen and oxygen atoms in total. The van der Waals surface area contributed by atoms with Gasteiger partial charge in [-0.25, -0.2) is 0 Å². The Kier molecular flexibility index (Phi) is 3.47. The van der Waals surface area contributed by atoms with Crippen molar-refractivity contribution in [2.45, 2.75) is 6.54 Å². The summed E-state index contributed by atoms with van der Waals surface area (Å²) < 4.78 is 9.57. The molecule has 0 atom stereocenters. The highest BCUT2D eigenvalue weighted by atomic mass is 16.5. The quantitative estimate of drug-likeness (QED) is 0.852. The summed E-state index contributed by atoms with van der Waals surface area (Å²) in [4.78, 5) is 11.8. The Balaban J connectivity index is 2.04. The second-order valence-electron chi connectivity index (χ2n) is 3.56. The van der Waals surface area contributed by atoms with Crippen molar-refractivity contribution >= 4 is 5.91 Å². The third-order valence-electron chi connectivity index (χ3n) is 2.37. The van der Waals surface area contributed by atoms with Crippen molar-refractivity contribution in [3.63, 3.8) is 0 Å². The smallest absolute Gasteiger partial charge is 0.255 e. The van der Waals surface area contributed by atoms with E-state index in [2.05, 4.69) is 15.0 Å². The molecule has 6 heteroatoms. The minimum Gasteiger partial charge on any atom is -0.507 e. The lowest BCUT2D eigenvalue weighted by Gasteiger charge is -2.06. The molecule has 0 radical (unpaired) electrons. The van der Waals surface area contributed by atoms with Gasteiger partial charge in [0.25, 0.3) is 5.91 Å². The van der Waals surface area contributed by atoms with E-state index in [1.165, 1.54) is 25.5 Å². The Labute approximate surface area is 103 Å². The minimum atomic E-state index is -0.391. The van der Waals surface area contributed by atoms with E-state index in [9.17, 15) is 9.90 Å². The summed E-state index contributed by atoms with van der Waals surface area (Å²) in [6.07, 6.45) is 1.42. The number of carbonyl (C=O) groups excluding carboxylic acids is 1. The van der Waals surface area contributed by atoms with Crippen molar-refractivity contribution in [3.05, 3.63) is 41.8 Å². The summed E-state index contributed by atoms with van der Waals surface area (Å²) in [7, 11) is 1.49. The SMILES string of the molecule is COc1ccc(C(=O)NCc2ccon2)c(O)c1. The lowest BCUT2D eigenvalue weighted by Crippen LogP contribution is -2.23. The monoisotopic (exact) mass is 248 g/mol. The first kappa shape index (κ1) is 12.0. The lowest BCUT2D eigenvalue weighted by molar-refractivity contribution is 0.0947. The summed E-state index contributed by atoms with van der Waals surface area (Å²) in [6.45, 7) is 0.237. The van der Waals surface area contributed by atoms with Crippen LogP contribution in [0.15, 0.2) is 35.1 Å². The number of hydrogen-bond donors (Lipinski definition) is 2.